The maximum atomic E-state index is 14.0. The van der Waals surface area contributed by atoms with Crippen molar-refractivity contribution in [3.63, 3.8) is 0 Å². The number of hydrogen-bond acceptors (Lipinski definition) is 3. The fraction of sp³-hybridized carbons (Fsp3) is 0.238. The topological polar surface area (TPSA) is 62.6 Å². The largest absolute Gasteiger partial charge is 0.459 e. The second-order valence-electron chi connectivity index (χ2n) is 6.92. The van der Waals surface area contributed by atoms with Crippen LogP contribution in [-0.4, -0.2) is 18.4 Å². The summed E-state index contributed by atoms with van der Waals surface area (Å²) in [6.07, 6.45) is -0.0322. The van der Waals surface area contributed by atoms with Crippen LogP contribution in [0.25, 0.3) is 11.0 Å². The number of furan rings is 1. The molecular formula is C21H18F2N2O3. The Labute approximate surface area is 159 Å². The van der Waals surface area contributed by atoms with Crippen LogP contribution in [0.1, 0.15) is 25.1 Å². The molecule has 1 saturated heterocycles. The highest BCUT2D eigenvalue weighted by atomic mass is 19.1. The molecule has 5 nitrogen and oxygen atoms in total. The van der Waals surface area contributed by atoms with Crippen molar-refractivity contribution in [1.29, 1.82) is 0 Å². The molecular weight excluding hydrogens is 366 g/mol. The third-order valence-electron chi connectivity index (χ3n) is 4.93. The molecule has 1 fully saturated rings. The number of para-hydroxylation sites is 1. The van der Waals surface area contributed by atoms with Gasteiger partial charge in [0.25, 0.3) is 0 Å². The summed E-state index contributed by atoms with van der Waals surface area (Å²) in [5.41, 5.74) is 0.708. The molecule has 0 bridgehead atoms. The van der Waals surface area contributed by atoms with E-state index in [1.165, 1.54) is 11.0 Å². The van der Waals surface area contributed by atoms with E-state index in [1.54, 1.807) is 6.92 Å². The minimum absolute atomic E-state index is 0.0213. The molecule has 1 aliphatic heterocycles. The van der Waals surface area contributed by atoms with Gasteiger partial charge in [-0.1, -0.05) is 18.2 Å². The quantitative estimate of drug-likeness (QED) is 0.741. The summed E-state index contributed by atoms with van der Waals surface area (Å²) in [5, 5.41) is 3.79. The Bertz CT molecular complexity index is 1030. The molecule has 0 saturated carbocycles. The Balaban J connectivity index is 1.45. The number of amides is 2. The number of hydrogen-bond donors (Lipinski definition) is 1. The normalized spacial score (nSPS) is 17.9. The zero-order valence-corrected chi connectivity index (χ0v) is 15.1. The van der Waals surface area contributed by atoms with Crippen LogP contribution in [-0.2, 0) is 9.59 Å². The van der Waals surface area contributed by atoms with Crippen LogP contribution >= 0.6 is 0 Å². The van der Waals surface area contributed by atoms with Crippen molar-refractivity contribution in [1.82, 2.24) is 5.32 Å². The van der Waals surface area contributed by atoms with Crippen LogP contribution < -0.4 is 10.2 Å². The number of carbonyl (C=O) groups excluding carboxylic acids is 2. The van der Waals surface area contributed by atoms with Gasteiger partial charge in [-0.25, -0.2) is 8.78 Å². The fourth-order valence-electron chi connectivity index (χ4n) is 3.43. The fourth-order valence-corrected chi connectivity index (χ4v) is 3.43. The van der Waals surface area contributed by atoms with Gasteiger partial charge in [-0.05, 0) is 31.2 Å². The first-order chi connectivity index (χ1) is 13.4. The summed E-state index contributed by atoms with van der Waals surface area (Å²) >= 11 is 0. The Kier molecular flexibility index (Phi) is 4.58. The van der Waals surface area contributed by atoms with Crippen LogP contribution in [0, 0.1) is 17.6 Å². The van der Waals surface area contributed by atoms with Crippen LogP contribution in [0.5, 0.6) is 0 Å². The van der Waals surface area contributed by atoms with Crippen molar-refractivity contribution in [3.05, 3.63) is 65.9 Å². The monoisotopic (exact) mass is 384 g/mol. The van der Waals surface area contributed by atoms with E-state index in [0.29, 0.717) is 5.76 Å². The molecule has 2 heterocycles. The predicted molar refractivity (Wildman–Crippen MR) is 99.6 cm³/mol. The van der Waals surface area contributed by atoms with Gasteiger partial charge >= 0.3 is 0 Å². The molecule has 0 aliphatic carbocycles. The molecule has 0 spiro atoms. The van der Waals surface area contributed by atoms with E-state index < -0.39 is 17.6 Å². The Hall–Kier alpha value is -3.22. The number of nitrogens with zero attached hydrogens (tertiary/aromatic N) is 1. The minimum atomic E-state index is -0.829. The van der Waals surface area contributed by atoms with Gasteiger partial charge in [-0.3, -0.25) is 9.59 Å². The maximum Gasteiger partial charge on any atom is 0.227 e. The van der Waals surface area contributed by atoms with Crippen LogP contribution in [0.2, 0.25) is 0 Å². The van der Waals surface area contributed by atoms with E-state index in [2.05, 4.69) is 5.32 Å². The predicted octanol–water partition coefficient (Wildman–Crippen LogP) is 3.94. The molecule has 1 aromatic heterocycles. The van der Waals surface area contributed by atoms with E-state index in [0.717, 1.165) is 23.1 Å². The molecule has 28 heavy (non-hydrogen) atoms. The standard InChI is InChI=1S/C21H18F2N2O3/c1-12(19-8-13-4-2-3-5-18(13)28-19)24-21(27)14-9-20(26)25(11-14)17-7-6-15(22)10-16(17)23/h2-8,10,12,14H,9,11H2,1H3,(H,24,27). The first kappa shape index (κ1) is 18.2. The highest BCUT2D eigenvalue weighted by Crippen LogP contribution is 2.29. The molecule has 0 radical (unpaired) electrons. The van der Waals surface area contributed by atoms with Crippen molar-refractivity contribution in [2.24, 2.45) is 5.92 Å². The lowest BCUT2D eigenvalue weighted by Gasteiger charge is -2.18. The molecule has 2 unspecified atom stereocenters. The van der Waals surface area contributed by atoms with E-state index >= 15 is 0 Å². The summed E-state index contributed by atoms with van der Waals surface area (Å²) in [7, 11) is 0. The number of nitrogens with one attached hydrogen (secondary N) is 1. The third kappa shape index (κ3) is 3.35. The van der Waals surface area contributed by atoms with Crippen LogP contribution in [0.3, 0.4) is 0 Å². The van der Waals surface area contributed by atoms with Gasteiger partial charge in [0, 0.05) is 24.4 Å². The van der Waals surface area contributed by atoms with Gasteiger partial charge in [0.1, 0.15) is 23.0 Å². The first-order valence-electron chi connectivity index (χ1n) is 8.96. The zero-order valence-electron chi connectivity index (χ0n) is 15.1. The summed E-state index contributed by atoms with van der Waals surface area (Å²) in [6, 6.07) is 12.0. The molecule has 2 aromatic carbocycles. The lowest BCUT2D eigenvalue weighted by Crippen LogP contribution is -2.34. The van der Waals surface area contributed by atoms with E-state index in [-0.39, 0.29) is 36.5 Å². The summed E-state index contributed by atoms with van der Waals surface area (Å²) in [4.78, 5) is 26.1. The smallest absolute Gasteiger partial charge is 0.227 e. The average Bonchev–Trinajstić information content (AvgIpc) is 3.25. The maximum absolute atomic E-state index is 14.0. The average molecular weight is 384 g/mol. The van der Waals surface area contributed by atoms with Crippen LogP contribution in [0.4, 0.5) is 14.5 Å². The lowest BCUT2D eigenvalue weighted by molar-refractivity contribution is -0.127. The third-order valence-corrected chi connectivity index (χ3v) is 4.93. The van der Waals surface area contributed by atoms with Crippen molar-refractivity contribution in [2.75, 3.05) is 11.4 Å². The van der Waals surface area contributed by atoms with Crippen LogP contribution in [0.15, 0.2) is 52.9 Å². The number of benzene rings is 2. The number of rotatable bonds is 4. The van der Waals surface area contributed by atoms with Gasteiger partial charge in [-0.2, -0.15) is 0 Å². The Morgan fingerprint density at radius 1 is 1.21 bits per heavy atom. The molecule has 1 N–H and O–H groups in total. The highest BCUT2D eigenvalue weighted by molar-refractivity contribution is 6.00. The molecule has 144 valence electrons. The second kappa shape index (κ2) is 7.07. The number of carbonyl (C=O) groups is 2. The summed E-state index contributed by atoms with van der Waals surface area (Å²) < 4.78 is 32.8. The number of fused-ring (bicyclic) bond motifs is 1. The zero-order chi connectivity index (χ0) is 19.8. The van der Waals surface area contributed by atoms with E-state index in [9.17, 15) is 18.4 Å². The minimum Gasteiger partial charge on any atom is -0.459 e. The van der Waals surface area contributed by atoms with Crippen molar-refractivity contribution < 1.29 is 22.8 Å². The van der Waals surface area contributed by atoms with E-state index in [4.69, 9.17) is 4.42 Å². The second-order valence-corrected chi connectivity index (χ2v) is 6.92. The highest BCUT2D eigenvalue weighted by Gasteiger charge is 2.36. The first-order valence-corrected chi connectivity index (χ1v) is 8.96. The van der Waals surface area contributed by atoms with Gasteiger partial charge in [0.15, 0.2) is 0 Å². The molecule has 2 atom stereocenters. The van der Waals surface area contributed by atoms with Crippen molar-refractivity contribution >= 4 is 28.5 Å². The van der Waals surface area contributed by atoms with E-state index in [1.807, 2.05) is 30.3 Å². The molecule has 4 rings (SSSR count). The Morgan fingerprint density at radius 2 is 2.00 bits per heavy atom. The van der Waals surface area contributed by atoms with Gasteiger partial charge < -0.3 is 14.6 Å². The summed E-state index contributed by atoms with van der Waals surface area (Å²) in [5.74, 6) is -2.25. The molecule has 1 aliphatic rings. The molecule has 7 heteroatoms. The van der Waals surface area contributed by atoms with Gasteiger partial charge in [0.2, 0.25) is 11.8 Å². The lowest BCUT2D eigenvalue weighted by atomic mass is 10.1. The molecule has 3 aromatic rings. The number of anilines is 1. The number of halogens is 2. The SMILES string of the molecule is CC(NC(=O)C1CC(=O)N(c2ccc(F)cc2F)C1)c1cc2ccccc2o1. The van der Waals surface area contributed by atoms with Gasteiger partial charge in [-0.15, -0.1) is 0 Å². The van der Waals surface area contributed by atoms with Gasteiger partial charge in [0.05, 0.1) is 17.6 Å². The van der Waals surface area contributed by atoms with Crippen molar-refractivity contribution in [3.8, 4) is 0 Å². The summed E-state index contributed by atoms with van der Waals surface area (Å²) in [6.45, 7) is 1.84. The molecule has 2 amide bonds. The van der Waals surface area contributed by atoms with Crippen molar-refractivity contribution in [2.45, 2.75) is 19.4 Å². The Morgan fingerprint density at radius 3 is 2.75 bits per heavy atom.